The molecule has 2 nitrogen and oxygen atoms in total. The standard InChI is InChI=1S/C12H10Cl3FN2S/c13-9-4-7(16)2-1-6(9)3-10(18-17)8-5-11(14)19-12(8)15/h1-2,4-5,10,18H,3,17H2. The Morgan fingerprint density at radius 3 is 2.53 bits per heavy atom. The first-order chi connectivity index (χ1) is 9.01. The summed E-state index contributed by atoms with van der Waals surface area (Å²) in [6, 6.07) is 5.78. The van der Waals surface area contributed by atoms with E-state index in [1.165, 1.54) is 23.5 Å². The Labute approximate surface area is 129 Å². The number of nitrogens with one attached hydrogen (secondary N) is 1. The first kappa shape index (κ1) is 15.0. The molecule has 3 N–H and O–H groups in total. The minimum absolute atomic E-state index is 0.237. The Hall–Kier alpha value is -0.360. The first-order valence-electron chi connectivity index (χ1n) is 5.36. The summed E-state index contributed by atoms with van der Waals surface area (Å²) in [5, 5.41) is 0.359. The normalized spacial score (nSPS) is 12.7. The van der Waals surface area contributed by atoms with Crippen LogP contribution < -0.4 is 11.3 Å². The molecule has 1 aromatic carbocycles. The average Bonchev–Trinajstić information content (AvgIpc) is 2.68. The van der Waals surface area contributed by atoms with Crippen molar-refractivity contribution in [3.63, 3.8) is 0 Å². The van der Waals surface area contributed by atoms with Crippen LogP contribution in [0, 0.1) is 5.82 Å². The lowest BCUT2D eigenvalue weighted by Gasteiger charge is -2.16. The average molecular weight is 340 g/mol. The Morgan fingerprint density at radius 1 is 1.26 bits per heavy atom. The zero-order valence-electron chi connectivity index (χ0n) is 9.59. The molecule has 19 heavy (non-hydrogen) atoms. The number of benzene rings is 1. The number of hydrogen-bond acceptors (Lipinski definition) is 3. The monoisotopic (exact) mass is 338 g/mol. The third kappa shape index (κ3) is 3.60. The van der Waals surface area contributed by atoms with Crippen LogP contribution in [0.15, 0.2) is 24.3 Å². The summed E-state index contributed by atoms with van der Waals surface area (Å²) in [5.74, 6) is 5.17. The maximum absolute atomic E-state index is 13.0. The molecule has 0 aliphatic heterocycles. The largest absolute Gasteiger partial charge is 0.271 e. The van der Waals surface area contributed by atoms with Gasteiger partial charge in [0.25, 0.3) is 0 Å². The van der Waals surface area contributed by atoms with E-state index < -0.39 is 0 Å². The van der Waals surface area contributed by atoms with Crippen LogP contribution in [0.4, 0.5) is 4.39 Å². The van der Waals surface area contributed by atoms with E-state index in [0.29, 0.717) is 20.1 Å². The van der Waals surface area contributed by atoms with Crippen LogP contribution in [0.2, 0.25) is 13.7 Å². The summed E-state index contributed by atoms with van der Waals surface area (Å²) in [4.78, 5) is 0. The molecule has 1 aromatic heterocycles. The molecule has 0 spiro atoms. The maximum Gasteiger partial charge on any atom is 0.124 e. The lowest BCUT2D eigenvalue weighted by molar-refractivity contribution is 0.552. The van der Waals surface area contributed by atoms with Crippen molar-refractivity contribution in [1.82, 2.24) is 5.43 Å². The van der Waals surface area contributed by atoms with Crippen LogP contribution in [0.3, 0.4) is 0 Å². The molecule has 2 aromatic rings. The Balaban J connectivity index is 2.26. The highest BCUT2D eigenvalue weighted by molar-refractivity contribution is 7.20. The summed E-state index contributed by atoms with van der Waals surface area (Å²) < 4.78 is 14.2. The van der Waals surface area contributed by atoms with Crippen LogP contribution in [-0.4, -0.2) is 0 Å². The van der Waals surface area contributed by atoms with E-state index in [1.54, 1.807) is 12.1 Å². The number of halogens is 4. The smallest absolute Gasteiger partial charge is 0.124 e. The number of hydrogen-bond donors (Lipinski definition) is 2. The molecular weight excluding hydrogens is 330 g/mol. The van der Waals surface area contributed by atoms with Crippen molar-refractivity contribution in [2.24, 2.45) is 5.84 Å². The Bertz CT molecular complexity index is 588. The molecule has 1 heterocycles. The Kier molecular flexibility index (Phi) is 5.06. The van der Waals surface area contributed by atoms with E-state index in [-0.39, 0.29) is 11.9 Å². The van der Waals surface area contributed by atoms with Gasteiger partial charge in [-0.2, -0.15) is 0 Å². The van der Waals surface area contributed by atoms with E-state index in [2.05, 4.69) is 5.43 Å². The highest BCUT2D eigenvalue weighted by Crippen LogP contribution is 2.36. The molecule has 0 bridgehead atoms. The molecule has 0 amide bonds. The minimum atomic E-state index is -0.373. The molecule has 0 aliphatic rings. The van der Waals surface area contributed by atoms with Gasteiger partial charge in [-0.05, 0) is 30.2 Å². The van der Waals surface area contributed by atoms with Crippen LogP contribution in [0.1, 0.15) is 17.2 Å². The van der Waals surface area contributed by atoms with Crippen molar-refractivity contribution < 1.29 is 4.39 Å². The van der Waals surface area contributed by atoms with Gasteiger partial charge in [-0.1, -0.05) is 40.9 Å². The lowest BCUT2D eigenvalue weighted by Crippen LogP contribution is -2.29. The highest BCUT2D eigenvalue weighted by atomic mass is 35.5. The molecule has 0 radical (unpaired) electrons. The SMILES string of the molecule is NNC(Cc1ccc(F)cc1Cl)c1cc(Cl)sc1Cl. The van der Waals surface area contributed by atoms with Gasteiger partial charge >= 0.3 is 0 Å². The molecule has 0 saturated heterocycles. The highest BCUT2D eigenvalue weighted by Gasteiger charge is 2.18. The van der Waals surface area contributed by atoms with Crippen molar-refractivity contribution in [2.45, 2.75) is 12.5 Å². The van der Waals surface area contributed by atoms with E-state index in [9.17, 15) is 4.39 Å². The maximum atomic E-state index is 13.0. The third-order valence-electron chi connectivity index (χ3n) is 2.70. The van der Waals surface area contributed by atoms with Crippen molar-refractivity contribution >= 4 is 46.1 Å². The van der Waals surface area contributed by atoms with Crippen molar-refractivity contribution in [1.29, 1.82) is 0 Å². The van der Waals surface area contributed by atoms with Gasteiger partial charge in [0.05, 0.1) is 14.7 Å². The van der Waals surface area contributed by atoms with Crippen molar-refractivity contribution in [3.8, 4) is 0 Å². The number of thiophene rings is 1. The second-order valence-corrected chi connectivity index (χ2v) is 6.63. The van der Waals surface area contributed by atoms with E-state index in [4.69, 9.17) is 40.6 Å². The van der Waals surface area contributed by atoms with Gasteiger partial charge in [0, 0.05) is 10.6 Å². The summed E-state index contributed by atoms with van der Waals surface area (Å²) in [6.07, 6.45) is 0.488. The number of hydrazine groups is 1. The van der Waals surface area contributed by atoms with E-state index in [0.717, 1.165) is 11.1 Å². The molecule has 1 unspecified atom stereocenters. The van der Waals surface area contributed by atoms with Crippen LogP contribution >= 0.6 is 46.1 Å². The van der Waals surface area contributed by atoms with Crippen molar-refractivity contribution in [2.75, 3.05) is 0 Å². The fourth-order valence-corrected chi connectivity index (χ4v) is 3.58. The van der Waals surface area contributed by atoms with Crippen LogP contribution in [0.25, 0.3) is 0 Å². The summed E-state index contributed by atoms with van der Waals surface area (Å²) >= 11 is 19.3. The molecule has 1 atom stereocenters. The summed E-state index contributed by atoms with van der Waals surface area (Å²) in [5.41, 5.74) is 4.26. The molecule has 0 fully saturated rings. The lowest BCUT2D eigenvalue weighted by atomic mass is 10.0. The van der Waals surface area contributed by atoms with E-state index >= 15 is 0 Å². The first-order valence-corrected chi connectivity index (χ1v) is 7.31. The number of rotatable bonds is 4. The van der Waals surface area contributed by atoms with Gasteiger partial charge in [0.1, 0.15) is 5.82 Å². The van der Waals surface area contributed by atoms with Gasteiger partial charge in [-0.25, -0.2) is 4.39 Å². The fraction of sp³-hybridized carbons (Fsp3) is 0.167. The Morgan fingerprint density at radius 2 is 2.00 bits per heavy atom. The van der Waals surface area contributed by atoms with Gasteiger partial charge in [0.15, 0.2) is 0 Å². The second kappa shape index (κ2) is 6.39. The van der Waals surface area contributed by atoms with Crippen molar-refractivity contribution in [3.05, 3.63) is 54.9 Å². The predicted molar refractivity (Wildman–Crippen MR) is 79.5 cm³/mol. The topological polar surface area (TPSA) is 38.0 Å². The summed E-state index contributed by atoms with van der Waals surface area (Å²) in [7, 11) is 0. The third-order valence-corrected chi connectivity index (χ3v) is 4.57. The molecular formula is C12H10Cl3FN2S. The van der Waals surface area contributed by atoms with Gasteiger partial charge < -0.3 is 0 Å². The second-order valence-electron chi connectivity index (χ2n) is 3.94. The molecule has 7 heteroatoms. The van der Waals surface area contributed by atoms with E-state index in [1.807, 2.05) is 0 Å². The molecule has 2 rings (SSSR count). The molecule has 0 saturated carbocycles. The van der Waals surface area contributed by atoms with Gasteiger partial charge in [-0.3, -0.25) is 11.3 Å². The zero-order valence-corrected chi connectivity index (χ0v) is 12.7. The van der Waals surface area contributed by atoms with Gasteiger partial charge in [0.2, 0.25) is 0 Å². The zero-order chi connectivity index (χ0) is 14.0. The minimum Gasteiger partial charge on any atom is -0.271 e. The molecule has 0 aliphatic carbocycles. The van der Waals surface area contributed by atoms with Crippen LogP contribution in [0.5, 0.6) is 0 Å². The number of nitrogens with two attached hydrogens (primary N) is 1. The fourth-order valence-electron chi connectivity index (χ4n) is 1.76. The van der Waals surface area contributed by atoms with Crippen LogP contribution in [-0.2, 0) is 6.42 Å². The quantitative estimate of drug-likeness (QED) is 0.631. The van der Waals surface area contributed by atoms with Gasteiger partial charge in [-0.15, -0.1) is 11.3 Å². The summed E-state index contributed by atoms with van der Waals surface area (Å²) in [6.45, 7) is 0. The molecule has 102 valence electrons. The predicted octanol–water partition coefficient (Wildman–Crippen LogP) is 4.59.